The van der Waals surface area contributed by atoms with Crippen LogP contribution in [0.3, 0.4) is 0 Å². The van der Waals surface area contributed by atoms with Gasteiger partial charge in [0.05, 0.1) is 10.6 Å². The SMILES string of the molecule is CC(C)(C)NC(=O)[C@@H](Cc1ccccc1)N(Cc1ccc(Br)cc1)C(=O)CN(c1ccccc1)S(=O)(=O)c1ccccc1. The molecule has 0 saturated heterocycles. The highest BCUT2D eigenvalue weighted by Gasteiger charge is 2.35. The standard InChI is InChI=1S/C34H36BrN3O4S/c1-34(2,3)36-33(40)31(23-26-13-7-4-8-14-26)37(24-27-19-21-28(35)22-20-27)32(39)25-38(29-15-9-5-10-16-29)43(41,42)30-17-11-6-12-18-30/h4-22,31H,23-25H2,1-3H3,(H,36,40)/t31-/m1/s1. The highest BCUT2D eigenvalue weighted by molar-refractivity contribution is 9.10. The van der Waals surface area contributed by atoms with Gasteiger partial charge >= 0.3 is 0 Å². The van der Waals surface area contributed by atoms with Crippen LogP contribution in [0.25, 0.3) is 0 Å². The molecule has 4 rings (SSSR count). The maximum Gasteiger partial charge on any atom is 0.264 e. The first-order valence-corrected chi connectivity index (χ1v) is 16.2. The molecular weight excluding hydrogens is 626 g/mol. The molecule has 0 radical (unpaired) electrons. The second kappa shape index (κ2) is 14.0. The van der Waals surface area contributed by atoms with Crippen LogP contribution in [0.4, 0.5) is 5.69 Å². The minimum Gasteiger partial charge on any atom is -0.350 e. The van der Waals surface area contributed by atoms with E-state index in [2.05, 4.69) is 21.2 Å². The molecule has 224 valence electrons. The molecule has 0 aromatic heterocycles. The summed E-state index contributed by atoms with van der Waals surface area (Å²) in [7, 11) is -4.12. The van der Waals surface area contributed by atoms with Crippen molar-refractivity contribution in [3.05, 3.63) is 131 Å². The maximum absolute atomic E-state index is 14.4. The van der Waals surface area contributed by atoms with Crippen molar-refractivity contribution in [2.75, 3.05) is 10.8 Å². The monoisotopic (exact) mass is 661 g/mol. The largest absolute Gasteiger partial charge is 0.350 e. The molecule has 2 amide bonds. The Morgan fingerprint density at radius 1 is 0.767 bits per heavy atom. The van der Waals surface area contributed by atoms with Crippen molar-refractivity contribution in [2.45, 2.75) is 50.2 Å². The Balaban J connectivity index is 1.79. The van der Waals surface area contributed by atoms with Crippen LogP contribution in [0.2, 0.25) is 0 Å². The van der Waals surface area contributed by atoms with E-state index in [9.17, 15) is 18.0 Å². The normalized spacial score (nSPS) is 12.3. The number of para-hydroxylation sites is 1. The van der Waals surface area contributed by atoms with E-state index in [1.54, 1.807) is 48.5 Å². The molecule has 0 saturated carbocycles. The van der Waals surface area contributed by atoms with E-state index in [0.29, 0.717) is 5.69 Å². The first-order chi connectivity index (χ1) is 20.4. The molecule has 0 aliphatic carbocycles. The molecule has 1 N–H and O–H groups in total. The Labute approximate surface area is 262 Å². The van der Waals surface area contributed by atoms with Crippen LogP contribution in [-0.4, -0.2) is 43.3 Å². The minimum atomic E-state index is -4.12. The van der Waals surface area contributed by atoms with Gasteiger partial charge in [0, 0.05) is 23.0 Å². The summed E-state index contributed by atoms with van der Waals surface area (Å²) in [6.07, 6.45) is 0.252. The molecule has 7 nitrogen and oxygen atoms in total. The Morgan fingerprint density at radius 2 is 1.30 bits per heavy atom. The Bertz CT molecular complexity index is 1610. The van der Waals surface area contributed by atoms with E-state index in [0.717, 1.165) is 19.9 Å². The van der Waals surface area contributed by atoms with Gasteiger partial charge in [-0.1, -0.05) is 94.8 Å². The zero-order valence-corrected chi connectivity index (χ0v) is 26.9. The third-order valence-corrected chi connectivity index (χ3v) is 9.01. The number of amides is 2. The van der Waals surface area contributed by atoms with Crippen molar-refractivity contribution < 1.29 is 18.0 Å². The summed E-state index contributed by atoms with van der Waals surface area (Å²) in [6, 6.07) is 32.6. The molecule has 43 heavy (non-hydrogen) atoms. The number of halogens is 1. The molecule has 4 aromatic carbocycles. The third kappa shape index (κ3) is 8.78. The van der Waals surface area contributed by atoms with Gasteiger partial charge in [-0.3, -0.25) is 13.9 Å². The number of nitrogens with zero attached hydrogens (tertiary/aromatic N) is 2. The second-order valence-corrected chi connectivity index (χ2v) is 14.0. The van der Waals surface area contributed by atoms with Gasteiger partial charge in [0.15, 0.2) is 0 Å². The quantitative estimate of drug-likeness (QED) is 0.207. The van der Waals surface area contributed by atoms with Crippen molar-refractivity contribution in [3.63, 3.8) is 0 Å². The first-order valence-electron chi connectivity index (χ1n) is 14.0. The predicted molar refractivity (Wildman–Crippen MR) is 174 cm³/mol. The fourth-order valence-corrected chi connectivity index (χ4v) is 6.34. The average molecular weight is 663 g/mol. The summed E-state index contributed by atoms with van der Waals surface area (Å²) >= 11 is 3.45. The van der Waals surface area contributed by atoms with Crippen LogP contribution >= 0.6 is 15.9 Å². The zero-order valence-electron chi connectivity index (χ0n) is 24.5. The molecule has 0 bridgehead atoms. The number of hydrogen-bond acceptors (Lipinski definition) is 4. The van der Waals surface area contributed by atoms with E-state index in [4.69, 9.17) is 0 Å². The summed E-state index contributed by atoms with van der Waals surface area (Å²) in [5, 5.41) is 3.04. The molecule has 0 fully saturated rings. The minimum absolute atomic E-state index is 0.0671. The average Bonchev–Trinajstić information content (AvgIpc) is 2.99. The highest BCUT2D eigenvalue weighted by Crippen LogP contribution is 2.25. The molecule has 0 unspecified atom stereocenters. The van der Waals surface area contributed by atoms with Gasteiger partial charge in [-0.15, -0.1) is 0 Å². The van der Waals surface area contributed by atoms with Crippen LogP contribution in [0.1, 0.15) is 31.9 Å². The fourth-order valence-electron chi connectivity index (χ4n) is 4.64. The Kier molecular flexibility index (Phi) is 10.4. The first kappa shape index (κ1) is 32.0. The van der Waals surface area contributed by atoms with Gasteiger partial charge in [0.1, 0.15) is 12.6 Å². The predicted octanol–water partition coefficient (Wildman–Crippen LogP) is 6.20. The number of hydrogen-bond donors (Lipinski definition) is 1. The van der Waals surface area contributed by atoms with E-state index in [1.165, 1.54) is 17.0 Å². The van der Waals surface area contributed by atoms with Crippen LogP contribution in [-0.2, 0) is 32.6 Å². The molecule has 0 aliphatic rings. The second-order valence-electron chi connectivity index (χ2n) is 11.3. The summed E-state index contributed by atoms with van der Waals surface area (Å²) in [4.78, 5) is 29.9. The van der Waals surface area contributed by atoms with Crippen molar-refractivity contribution in [1.29, 1.82) is 0 Å². The summed E-state index contributed by atoms with van der Waals surface area (Å²) in [6.45, 7) is 5.26. The van der Waals surface area contributed by atoms with Crippen molar-refractivity contribution in [3.8, 4) is 0 Å². The lowest BCUT2D eigenvalue weighted by Gasteiger charge is -2.35. The van der Waals surface area contributed by atoms with E-state index in [1.807, 2.05) is 75.4 Å². The van der Waals surface area contributed by atoms with Crippen LogP contribution in [0.5, 0.6) is 0 Å². The van der Waals surface area contributed by atoms with E-state index >= 15 is 0 Å². The van der Waals surface area contributed by atoms with Crippen LogP contribution < -0.4 is 9.62 Å². The fraction of sp³-hybridized carbons (Fsp3) is 0.235. The van der Waals surface area contributed by atoms with Gasteiger partial charge in [-0.25, -0.2) is 8.42 Å². The van der Waals surface area contributed by atoms with Gasteiger partial charge in [0.25, 0.3) is 10.0 Å². The Hall–Kier alpha value is -3.95. The number of benzene rings is 4. The Morgan fingerprint density at radius 3 is 1.86 bits per heavy atom. The number of nitrogens with one attached hydrogen (secondary N) is 1. The summed E-state index contributed by atoms with van der Waals surface area (Å²) < 4.78 is 29.9. The zero-order chi connectivity index (χ0) is 31.0. The maximum atomic E-state index is 14.4. The van der Waals surface area contributed by atoms with Gasteiger partial charge in [0.2, 0.25) is 11.8 Å². The number of carbonyl (C=O) groups excluding carboxylic acids is 2. The van der Waals surface area contributed by atoms with E-state index in [-0.39, 0.29) is 23.8 Å². The van der Waals surface area contributed by atoms with Crippen LogP contribution in [0.15, 0.2) is 125 Å². The summed E-state index contributed by atoms with van der Waals surface area (Å²) in [5.41, 5.74) is 1.48. The van der Waals surface area contributed by atoms with Gasteiger partial charge in [-0.2, -0.15) is 0 Å². The molecule has 9 heteroatoms. The molecule has 0 heterocycles. The summed E-state index contributed by atoms with van der Waals surface area (Å²) in [5.74, 6) is -0.824. The number of anilines is 1. The highest BCUT2D eigenvalue weighted by atomic mass is 79.9. The lowest BCUT2D eigenvalue weighted by molar-refractivity contribution is -0.140. The van der Waals surface area contributed by atoms with Gasteiger partial charge in [-0.05, 0) is 68.3 Å². The molecular formula is C34H36BrN3O4S. The number of carbonyl (C=O) groups is 2. The smallest absolute Gasteiger partial charge is 0.264 e. The lowest BCUT2D eigenvalue weighted by Crippen LogP contribution is -2.56. The molecule has 1 atom stereocenters. The molecule has 0 spiro atoms. The molecule has 4 aromatic rings. The number of sulfonamides is 1. The third-order valence-electron chi connectivity index (χ3n) is 6.69. The lowest BCUT2D eigenvalue weighted by atomic mass is 10.0. The number of rotatable bonds is 11. The van der Waals surface area contributed by atoms with Gasteiger partial charge < -0.3 is 10.2 Å². The van der Waals surface area contributed by atoms with Crippen LogP contribution in [0, 0.1) is 0 Å². The van der Waals surface area contributed by atoms with Crippen molar-refractivity contribution >= 4 is 43.5 Å². The molecule has 0 aliphatic heterocycles. The van der Waals surface area contributed by atoms with Crippen molar-refractivity contribution in [1.82, 2.24) is 10.2 Å². The van der Waals surface area contributed by atoms with Crippen molar-refractivity contribution in [2.24, 2.45) is 0 Å². The van der Waals surface area contributed by atoms with E-state index < -0.39 is 34.1 Å². The topological polar surface area (TPSA) is 86.8 Å².